The lowest BCUT2D eigenvalue weighted by Crippen LogP contribution is -2.00. The van der Waals surface area contributed by atoms with Gasteiger partial charge in [0, 0.05) is 27.2 Å². The zero-order chi connectivity index (χ0) is 13.8. The number of halogens is 3. The van der Waals surface area contributed by atoms with Crippen LogP contribution < -0.4 is 10.1 Å². The van der Waals surface area contributed by atoms with Gasteiger partial charge in [-0.2, -0.15) is 0 Å². The molecule has 19 heavy (non-hydrogen) atoms. The maximum absolute atomic E-state index is 13.3. The maximum atomic E-state index is 13.3. The molecule has 2 aromatic carbocycles. The van der Waals surface area contributed by atoms with Gasteiger partial charge in [-0.3, -0.25) is 0 Å². The minimum Gasteiger partial charge on any atom is -0.497 e. The van der Waals surface area contributed by atoms with Crippen molar-refractivity contribution in [3.63, 3.8) is 0 Å². The van der Waals surface area contributed by atoms with Crippen LogP contribution in [0.25, 0.3) is 0 Å². The third-order valence-corrected chi connectivity index (χ3v) is 3.44. The molecule has 2 rings (SSSR count). The molecule has 5 heteroatoms. The van der Waals surface area contributed by atoms with Crippen LogP contribution in [-0.4, -0.2) is 7.11 Å². The number of hydrogen-bond acceptors (Lipinski definition) is 2. The van der Waals surface area contributed by atoms with Gasteiger partial charge in [0.2, 0.25) is 0 Å². The first kappa shape index (κ1) is 14.3. The minimum atomic E-state index is -0.252. The number of rotatable bonds is 4. The lowest BCUT2D eigenvalue weighted by atomic mass is 10.2. The summed E-state index contributed by atoms with van der Waals surface area (Å²) in [7, 11) is 1.62. The quantitative estimate of drug-likeness (QED) is 0.798. The highest BCUT2D eigenvalue weighted by molar-refractivity contribution is 9.10. The molecular formula is C14H12Br2FNO. The molecule has 0 fully saturated rings. The van der Waals surface area contributed by atoms with Crippen molar-refractivity contribution in [2.75, 3.05) is 12.4 Å². The van der Waals surface area contributed by atoms with E-state index in [1.165, 1.54) is 12.1 Å². The molecule has 0 atom stereocenters. The number of ether oxygens (including phenoxy) is 1. The summed E-state index contributed by atoms with van der Waals surface area (Å²) < 4.78 is 20.1. The number of methoxy groups -OCH3 is 1. The molecule has 2 aromatic rings. The maximum Gasteiger partial charge on any atom is 0.124 e. The van der Waals surface area contributed by atoms with E-state index in [0.29, 0.717) is 6.54 Å². The second-order valence-electron chi connectivity index (χ2n) is 4.01. The molecule has 2 nitrogen and oxygen atoms in total. The molecule has 0 heterocycles. The molecule has 0 spiro atoms. The molecule has 0 aliphatic rings. The minimum absolute atomic E-state index is 0.252. The smallest absolute Gasteiger partial charge is 0.124 e. The lowest BCUT2D eigenvalue weighted by Gasteiger charge is -2.09. The van der Waals surface area contributed by atoms with Crippen LogP contribution in [0.2, 0.25) is 0 Å². The Balaban J connectivity index is 2.11. The van der Waals surface area contributed by atoms with Crippen LogP contribution in [0, 0.1) is 5.82 Å². The fraction of sp³-hybridized carbons (Fsp3) is 0.143. The van der Waals surface area contributed by atoms with Gasteiger partial charge < -0.3 is 10.1 Å². The first-order chi connectivity index (χ1) is 9.06. The van der Waals surface area contributed by atoms with Gasteiger partial charge in [0.15, 0.2) is 0 Å². The van der Waals surface area contributed by atoms with E-state index in [0.717, 1.165) is 25.9 Å². The van der Waals surface area contributed by atoms with E-state index in [2.05, 4.69) is 37.2 Å². The summed E-state index contributed by atoms with van der Waals surface area (Å²) in [6.07, 6.45) is 0. The highest BCUT2D eigenvalue weighted by Crippen LogP contribution is 2.25. The van der Waals surface area contributed by atoms with E-state index < -0.39 is 0 Å². The van der Waals surface area contributed by atoms with Crippen molar-refractivity contribution >= 4 is 37.5 Å². The normalized spacial score (nSPS) is 10.3. The topological polar surface area (TPSA) is 21.3 Å². The SMILES string of the molecule is COc1cc(Br)cc(NCc2cc(F)cc(Br)c2)c1. The van der Waals surface area contributed by atoms with Gasteiger partial charge in [-0.15, -0.1) is 0 Å². The molecule has 0 unspecified atom stereocenters. The third-order valence-electron chi connectivity index (χ3n) is 2.53. The van der Waals surface area contributed by atoms with Gasteiger partial charge in [-0.1, -0.05) is 31.9 Å². The largest absolute Gasteiger partial charge is 0.497 e. The van der Waals surface area contributed by atoms with Crippen LogP contribution >= 0.6 is 31.9 Å². The Morgan fingerprint density at radius 3 is 2.47 bits per heavy atom. The van der Waals surface area contributed by atoms with Crippen molar-refractivity contribution in [2.45, 2.75) is 6.54 Å². The monoisotopic (exact) mass is 387 g/mol. The molecular weight excluding hydrogens is 377 g/mol. The number of benzene rings is 2. The van der Waals surface area contributed by atoms with Crippen molar-refractivity contribution in [2.24, 2.45) is 0 Å². The predicted molar refractivity (Wildman–Crippen MR) is 82.1 cm³/mol. The summed E-state index contributed by atoms with van der Waals surface area (Å²) >= 11 is 6.69. The van der Waals surface area contributed by atoms with Crippen LogP contribution in [0.5, 0.6) is 5.75 Å². The molecule has 0 radical (unpaired) electrons. The first-order valence-electron chi connectivity index (χ1n) is 5.60. The molecule has 1 N–H and O–H groups in total. The summed E-state index contributed by atoms with van der Waals surface area (Å²) in [5.74, 6) is 0.510. The molecule has 0 aromatic heterocycles. The van der Waals surface area contributed by atoms with E-state index in [1.807, 2.05) is 24.3 Å². The zero-order valence-electron chi connectivity index (χ0n) is 10.2. The number of hydrogen-bond donors (Lipinski definition) is 1. The van der Waals surface area contributed by atoms with Crippen molar-refractivity contribution in [3.05, 3.63) is 56.7 Å². The molecule has 0 bridgehead atoms. The second-order valence-corrected chi connectivity index (χ2v) is 5.84. The molecule has 0 saturated carbocycles. The second kappa shape index (κ2) is 6.39. The van der Waals surface area contributed by atoms with Crippen LogP contribution in [0.1, 0.15) is 5.56 Å². The summed E-state index contributed by atoms with van der Waals surface area (Å²) in [6.45, 7) is 0.538. The van der Waals surface area contributed by atoms with E-state index in [9.17, 15) is 4.39 Å². The highest BCUT2D eigenvalue weighted by atomic mass is 79.9. The van der Waals surface area contributed by atoms with Gasteiger partial charge in [-0.05, 0) is 35.9 Å². The van der Waals surface area contributed by atoms with Crippen LogP contribution in [0.15, 0.2) is 45.3 Å². The average molecular weight is 389 g/mol. The Labute approximate surface area is 128 Å². The fourth-order valence-electron chi connectivity index (χ4n) is 1.70. The van der Waals surface area contributed by atoms with Gasteiger partial charge >= 0.3 is 0 Å². The number of nitrogens with one attached hydrogen (secondary N) is 1. The van der Waals surface area contributed by atoms with E-state index in [1.54, 1.807) is 7.11 Å². The van der Waals surface area contributed by atoms with Crippen molar-refractivity contribution in [3.8, 4) is 5.75 Å². The number of anilines is 1. The third kappa shape index (κ3) is 4.21. The highest BCUT2D eigenvalue weighted by Gasteiger charge is 2.02. The Bertz CT molecular complexity index is 569. The fourth-order valence-corrected chi connectivity index (χ4v) is 2.68. The molecule has 100 valence electrons. The summed E-state index contributed by atoms with van der Waals surface area (Å²) in [4.78, 5) is 0. The summed E-state index contributed by atoms with van der Waals surface area (Å²) in [6, 6.07) is 10.5. The predicted octanol–water partition coefficient (Wildman–Crippen LogP) is 4.97. The molecule has 0 amide bonds. The zero-order valence-corrected chi connectivity index (χ0v) is 13.4. The Morgan fingerprint density at radius 1 is 1.05 bits per heavy atom. The molecule has 0 aliphatic heterocycles. The van der Waals surface area contributed by atoms with Gasteiger partial charge in [-0.25, -0.2) is 4.39 Å². The van der Waals surface area contributed by atoms with Crippen molar-refractivity contribution in [1.29, 1.82) is 0 Å². The summed E-state index contributed by atoms with van der Waals surface area (Å²) in [5.41, 5.74) is 1.78. The Morgan fingerprint density at radius 2 is 1.79 bits per heavy atom. The van der Waals surface area contributed by atoms with Gasteiger partial charge in [0.25, 0.3) is 0 Å². The summed E-state index contributed by atoms with van der Waals surface area (Å²) in [5, 5.41) is 3.23. The van der Waals surface area contributed by atoms with E-state index >= 15 is 0 Å². The average Bonchev–Trinajstić information content (AvgIpc) is 2.34. The van der Waals surface area contributed by atoms with Crippen LogP contribution in [0.3, 0.4) is 0 Å². The first-order valence-corrected chi connectivity index (χ1v) is 7.19. The Kier molecular flexibility index (Phi) is 4.82. The van der Waals surface area contributed by atoms with Crippen LogP contribution in [-0.2, 0) is 6.54 Å². The molecule has 0 saturated heterocycles. The van der Waals surface area contributed by atoms with Gasteiger partial charge in [0.1, 0.15) is 11.6 Å². The molecule has 0 aliphatic carbocycles. The Hall–Kier alpha value is -1.07. The van der Waals surface area contributed by atoms with Crippen molar-refractivity contribution in [1.82, 2.24) is 0 Å². The van der Waals surface area contributed by atoms with E-state index in [-0.39, 0.29) is 5.82 Å². The van der Waals surface area contributed by atoms with Crippen molar-refractivity contribution < 1.29 is 9.13 Å². The lowest BCUT2D eigenvalue weighted by molar-refractivity contribution is 0.414. The van der Waals surface area contributed by atoms with Gasteiger partial charge in [0.05, 0.1) is 7.11 Å². The standard InChI is InChI=1S/C14H12Br2FNO/c1-19-14-6-11(16)5-13(7-14)18-8-9-2-10(15)4-12(17)3-9/h2-7,18H,8H2,1H3. The van der Waals surface area contributed by atoms with E-state index in [4.69, 9.17) is 4.74 Å². The van der Waals surface area contributed by atoms with Crippen LogP contribution in [0.4, 0.5) is 10.1 Å².